The van der Waals surface area contributed by atoms with Crippen LogP contribution < -0.4 is 10.6 Å². The number of alkyl carbamates (subject to hydrolysis) is 1. The number of hydrogen-bond acceptors (Lipinski definition) is 4. The summed E-state index contributed by atoms with van der Waals surface area (Å²) in [5.41, 5.74) is 1.70. The topological polar surface area (TPSA) is 87.7 Å². The highest BCUT2D eigenvalue weighted by molar-refractivity contribution is 6.01. The van der Waals surface area contributed by atoms with Crippen LogP contribution in [0.25, 0.3) is 10.8 Å². The Morgan fingerprint density at radius 2 is 1.41 bits per heavy atom. The highest BCUT2D eigenvalue weighted by atomic mass is 16.6. The van der Waals surface area contributed by atoms with Gasteiger partial charge in [0, 0.05) is 11.2 Å². The van der Waals surface area contributed by atoms with E-state index in [4.69, 9.17) is 4.74 Å². The fourth-order valence-electron chi connectivity index (χ4n) is 4.71. The van der Waals surface area contributed by atoms with E-state index in [0.29, 0.717) is 5.69 Å². The molecule has 39 heavy (non-hydrogen) atoms. The van der Waals surface area contributed by atoms with Gasteiger partial charge in [-0.1, -0.05) is 48.5 Å². The van der Waals surface area contributed by atoms with Gasteiger partial charge in [0.15, 0.2) is 0 Å². The fourth-order valence-corrected chi connectivity index (χ4v) is 4.71. The quantitative estimate of drug-likeness (QED) is 0.372. The van der Waals surface area contributed by atoms with E-state index >= 15 is 0 Å². The molecule has 2 atom stereocenters. The molecule has 3 aromatic carbocycles. The molecule has 0 aliphatic carbocycles. The number of fused-ring (bicyclic) bond motifs is 1. The molecular formula is C32H41N3O4. The minimum absolute atomic E-state index is 0.338. The van der Waals surface area contributed by atoms with E-state index in [9.17, 15) is 14.4 Å². The van der Waals surface area contributed by atoms with Gasteiger partial charge in [-0.05, 0) is 102 Å². The van der Waals surface area contributed by atoms with Crippen LogP contribution in [0.1, 0.15) is 71.2 Å². The maximum absolute atomic E-state index is 14.2. The predicted molar refractivity (Wildman–Crippen MR) is 157 cm³/mol. The van der Waals surface area contributed by atoms with Crippen LogP contribution in [-0.4, -0.2) is 40.0 Å². The number of hydrogen-bond donors (Lipinski definition) is 2. The van der Waals surface area contributed by atoms with Crippen LogP contribution in [0.15, 0.2) is 60.7 Å². The number of benzene rings is 3. The Morgan fingerprint density at radius 3 is 1.97 bits per heavy atom. The molecule has 3 amide bonds. The maximum Gasteiger partial charge on any atom is 0.408 e. The maximum atomic E-state index is 14.2. The van der Waals surface area contributed by atoms with Gasteiger partial charge in [0.2, 0.25) is 5.91 Å². The second-order valence-corrected chi connectivity index (χ2v) is 12.0. The Hall–Kier alpha value is -3.87. The SMILES string of the molecule is Cc1cccc(C)c1C(C(=O)Nc1ccc2ccccc2c1)N(C(=O)C(C)NC(=O)OC(C)(C)C)C(C)(C)C. The van der Waals surface area contributed by atoms with Gasteiger partial charge in [-0.2, -0.15) is 0 Å². The number of amides is 3. The van der Waals surface area contributed by atoms with Gasteiger partial charge in [0.25, 0.3) is 5.91 Å². The van der Waals surface area contributed by atoms with Gasteiger partial charge in [-0.25, -0.2) is 4.79 Å². The molecule has 0 aliphatic rings. The molecule has 2 unspecified atom stereocenters. The zero-order chi connectivity index (χ0) is 29.1. The molecule has 2 N–H and O–H groups in total. The molecule has 0 bridgehead atoms. The Bertz CT molecular complexity index is 1350. The van der Waals surface area contributed by atoms with E-state index < -0.39 is 35.2 Å². The van der Waals surface area contributed by atoms with Crippen molar-refractivity contribution < 1.29 is 19.1 Å². The first-order valence-electron chi connectivity index (χ1n) is 13.3. The monoisotopic (exact) mass is 531 g/mol. The number of carbonyl (C=O) groups is 3. The van der Waals surface area contributed by atoms with Gasteiger partial charge >= 0.3 is 6.09 Å². The van der Waals surface area contributed by atoms with Crippen LogP contribution in [0, 0.1) is 13.8 Å². The Balaban J connectivity index is 2.05. The van der Waals surface area contributed by atoms with Crippen molar-refractivity contribution in [2.45, 2.75) is 85.5 Å². The Labute approximate surface area is 231 Å². The van der Waals surface area contributed by atoms with Crippen molar-refractivity contribution in [1.29, 1.82) is 0 Å². The van der Waals surface area contributed by atoms with Crippen LogP contribution in [0.5, 0.6) is 0 Å². The second kappa shape index (κ2) is 11.5. The van der Waals surface area contributed by atoms with Gasteiger partial charge in [0.05, 0.1) is 0 Å². The largest absolute Gasteiger partial charge is 0.444 e. The fraction of sp³-hybridized carbons (Fsp3) is 0.406. The van der Waals surface area contributed by atoms with E-state index in [1.54, 1.807) is 32.6 Å². The molecule has 0 heterocycles. The lowest BCUT2D eigenvalue weighted by Crippen LogP contribution is -2.57. The summed E-state index contributed by atoms with van der Waals surface area (Å²) in [6, 6.07) is 17.6. The van der Waals surface area contributed by atoms with Crippen molar-refractivity contribution in [1.82, 2.24) is 10.2 Å². The number of nitrogens with one attached hydrogen (secondary N) is 2. The van der Waals surface area contributed by atoms with Crippen LogP contribution >= 0.6 is 0 Å². The molecule has 3 rings (SSSR count). The third kappa shape index (κ3) is 7.37. The van der Waals surface area contributed by atoms with Gasteiger partial charge < -0.3 is 20.3 Å². The molecule has 7 nitrogen and oxygen atoms in total. The number of ether oxygens (including phenoxy) is 1. The molecule has 0 saturated carbocycles. The van der Waals surface area contributed by atoms with E-state index in [-0.39, 0.29) is 5.91 Å². The lowest BCUT2D eigenvalue weighted by atomic mass is 9.90. The summed E-state index contributed by atoms with van der Waals surface area (Å²) in [5.74, 6) is -0.731. The molecule has 7 heteroatoms. The smallest absolute Gasteiger partial charge is 0.408 e. The van der Waals surface area contributed by atoms with Crippen molar-refractivity contribution in [2.75, 3.05) is 5.32 Å². The van der Waals surface area contributed by atoms with Crippen molar-refractivity contribution in [3.63, 3.8) is 0 Å². The van der Waals surface area contributed by atoms with E-state index in [1.165, 1.54) is 0 Å². The number of carbonyl (C=O) groups excluding carboxylic acids is 3. The van der Waals surface area contributed by atoms with Gasteiger partial charge in [0.1, 0.15) is 17.7 Å². The lowest BCUT2D eigenvalue weighted by molar-refractivity contribution is -0.146. The minimum atomic E-state index is -0.951. The molecule has 0 fully saturated rings. The summed E-state index contributed by atoms with van der Waals surface area (Å²) in [5, 5.41) is 7.77. The Morgan fingerprint density at radius 1 is 0.821 bits per heavy atom. The Kier molecular flexibility index (Phi) is 8.74. The van der Waals surface area contributed by atoms with E-state index in [2.05, 4.69) is 10.6 Å². The number of anilines is 1. The van der Waals surface area contributed by atoms with E-state index in [1.807, 2.05) is 95.3 Å². The molecule has 0 aliphatic heterocycles. The second-order valence-electron chi connectivity index (χ2n) is 12.0. The van der Waals surface area contributed by atoms with Crippen LogP contribution in [0.4, 0.5) is 10.5 Å². The summed E-state index contributed by atoms with van der Waals surface area (Å²) in [6.45, 7) is 16.4. The number of rotatable bonds is 6. The highest BCUT2D eigenvalue weighted by Gasteiger charge is 2.42. The van der Waals surface area contributed by atoms with E-state index in [0.717, 1.165) is 27.5 Å². The third-order valence-corrected chi connectivity index (χ3v) is 6.40. The highest BCUT2D eigenvalue weighted by Crippen LogP contribution is 2.34. The van der Waals surface area contributed by atoms with Crippen LogP contribution in [-0.2, 0) is 14.3 Å². The van der Waals surface area contributed by atoms with Crippen LogP contribution in [0.3, 0.4) is 0 Å². The zero-order valence-electron chi connectivity index (χ0n) is 24.5. The average molecular weight is 532 g/mol. The molecule has 0 saturated heterocycles. The van der Waals surface area contributed by atoms with Gasteiger partial charge in [-0.3, -0.25) is 9.59 Å². The third-order valence-electron chi connectivity index (χ3n) is 6.40. The lowest BCUT2D eigenvalue weighted by Gasteiger charge is -2.43. The van der Waals surface area contributed by atoms with Crippen LogP contribution in [0.2, 0.25) is 0 Å². The zero-order valence-corrected chi connectivity index (χ0v) is 24.5. The normalized spacial score (nSPS) is 13.4. The summed E-state index contributed by atoms with van der Waals surface area (Å²) >= 11 is 0. The summed E-state index contributed by atoms with van der Waals surface area (Å²) in [6.07, 6.45) is -0.693. The first kappa shape index (κ1) is 29.7. The molecule has 3 aromatic rings. The van der Waals surface area contributed by atoms with Gasteiger partial charge in [-0.15, -0.1) is 0 Å². The summed E-state index contributed by atoms with van der Waals surface area (Å²) in [4.78, 5) is 42.3. The molecule has 0 spiro atoms. The first-order chi connectivity index (χ1) is 18.1. The summed E-state index contributed by atoms with van der Waals surface area (Å²) in [7, 11) is 0. The van der Waals surface area contributed by atoms with Crippen molar-refractivity contribution in [3.8, 4) is 0 Å². The van der Waals surface area contributed by atoms with Crippen molar-refractivity contribution in [3.05, 3.63) is 77.4 Å². The molecular weight excluding hydrogens is 490 g/mol. The standard InChI is InChI=1S/C32H41N3O4/c1-20-13-12-14-21(2)26(20)27(28(36)34-25-18-17-23-15-10-11-16-24(23)19-25)35(31(4,5)6)29(37)22(3)33-30(38)39-32(7,8)9/h10-19,22,27H,1-9H3,(H,33,38)(H,34,36). The van der Waals surface area contributed by atoms with Crippen molar-refractivity contribution in [2.24, 2.45) is 0 Å². The molecule has 0 radical (unpaired) electrons. The number of nitrogens with zero attached hydrogens (tertiary/aromatic N) is 1. The minimum Gasteiger partial charge on any atom is -0.444 e. The number of aryl methyl sites for hydroxylation is 2. The predicted octanol–water partition coefficient (Wildman–Crippen LogP) is 6.68. The molecule has 0 aromatic heterocycles. The molecule has 208 valence electrons. The first-order valence-corrected chi connectivity index (χ1v) is 13.3. The average Bonchev–Trinajstić information content (AvgIpc) is 2.80. The van der Waals surface area contributed by atoms with Crippen molar-refractivity contribution >= 4 is 34.4 Å². The summed E-state index contributed by atoms with van der Waals surface area (Å²) < 4.78 is 5.37.